The molecule has 2 heteroatoms. The van der Waals surface area contributed by atoms with E-state index >= 15 is 0 Å². The van der Waals surface area contributed by atoms with Gasteiger partial charge in [0.25, 0.3) is 0 Å². The molecule has 2 nitrogen and oxygen atoms in total. The van der Waals surface area contributed by atoms with Crippen molar-refractivity contribution in [3.8, 4) is 0 Å². The molecule has 112 valence electrons. The fraction of sp³-hybridized carbons (Fsp3) is 1.00. The van der Waals surface area contributed by atoms with Crippen molar-refractivity contribution in [2.45, 2.75) is 84.3 Å². The van der Waals surface area contributed by atoms with Crippen molar-refractivity contribution < 1.29 is 0 Å². The predicted molar refractivity (Wildman–Crippen MR) is 83.5 cm³/mol. The summed E-state index contributed by atoms with van der Waals surface area (Å²) in [5.41, 5.74) is 0.319. The zero-order valence-electron chi connectivity index (χ0n) is 13.8. The van der Waals surface area contributed by atoms with Crippen LogP contribution in [-0.2, 0) is 0 Å². The molecule has 1 aliphatic carbocycles. The second-order valence-corrected chi connectivity index (χ2v) is 7.97. The molecule has 0 radical (unpaired) electrons. The first-order chi connectivity index (χ1) is 8.88. The number of hydrogen-bond acceptors (Lipinski definition) is 2. The van der Waals surface area contributed by atoms with Crippen molar-refractivity contribution in [1.29, 1.82) is 0 Å². The Balaban J connectivity index is 1.91. The molecule has 0 bridgehead atoms. The maximum atomic E-state index is 2.79. The van der Waals surface area contributed by atoms with Gasteiger partial charge in [-0.15, -0.1) is 0 Å². The van der Waals surface area contributed by atoms with Crippen molar-refractivity contribution in [3.05, 3.63) is 0 Å². The van der Waals surface area contributed by atoms with Crippen LogP contribution in [0.4, 0.5) is 0 Å². The lowest BCUT2D eigenvalue weighted by atomic mass is 9.87. The van der Waals surface area contributed by atoms with Gasteiger partial charge in [-0.3, -0.25) is 9.80 Å². The van der Waals surface area contributed by atoms with E-state index in [-0.39, 0.29) is 0 Å². The molecule has 0 aromatic heterocycles. The molecule has 2 rings (SSSR count). The number of piperazine rings is 1. The van der Waals surface area contributed by atoms with Crippen molar-refractivity contribution in [1.82, 2.24) is 9.80 Å². The molecule has 1 saturated heterocycles. The molecule has 0 N–H and O–H groups in total. The standard InChI is InChI=1S/C17H34N2/c1-14-11-18(17(3,4)5)12-15(2)19(14)13-16-9-7-6-8-10-16/h14-16H,6-13H2,1-5H3. The summed E-state index contributed by atoms with van der Waals surface area (Å²) < 4.78 is 0. The lowest BCUT2D eigenvalue weighted by molar-refractivity contribution is -0.0152. The summed E-state index contributed by atoms with van der Waals surface area (Å²) in [6.45, 7) is 15.7. The van der Waals surface area contributed by atoms with E-state index in [4.69, 9.17) is 0 Å². The van der Waals surface area contributed by atoms with E-state index in [1.807, 2.05) is 0 Å². The van der Waals surface area contributed by atoms with Gasteiger partial charge in [-0.2, -0.15) is 0 Å². The van der Waals surface area contributed by atoms with Gasteiger partial charge in [0, 0.05) is 37.3 Å². The zero-order valence-corrected chi connectivity index (χ0v) is 13.8. The average Bonchev–Trinajstić information content (AvgIpc) is 2.33. The summed E-state index contributed by atoms with van der Waals surface area (Å²) in [7, 11) is 0. The number of rotatable bonds is 2. The summed E-state index contributed by atoms with van der Waals surface area (Å²) in [6.07, 6.45) is 7.35. The van der Waals surface area contributed by atoms with E-state index < -0.39 is 0 Å². The summed E-state index contributed by atoms with van der Waals surface area (Å²) >= 11 is 0. The van der Waals surface area contributed by atoms with Gasteiger partial charge in [0.15, 0.2) is 0 Å². The Morgan fingerprint density at radius 1 is 0.895 bits per heavy atom. The Morgan fingerprint density at radius 2 is 1.42 bits per heavy atom. The van der Waals surface area contributed by atoms with Crippen LogP contribution < -0.4 is 0 Å². The van der Waals surface area contributed by atoms with Crippen molar-refractivity contribution in [3.63, 3.8) is 0 Å². The van der Waals surface area contributed by atoms with Crippen LogP contribution in [0.3, 0.4) is 0 Å². The van der Waals surface area contributed by atoms with Gasteiger partial charge >= 0.3 is 0 Å². The molecule has 1 heterocycles. The quantitative estimate of drug-likeness (QED) is 0.751. The molecule has 1 saturated carbocycles. The smallest absolute Gasteiger partial charge is 0.0198 e. The van der Waals surface area contributed by atoms with Crippen LogP contribution in [0.5, 0.6) is 0 Å². The molecule has 2 aliphatic rings. The van der Waals surface area contributed by atoms with E-state index in [1.165, 1.54) is 51.7 Å². The highest BCUT2D eigenvalue weighted by Crippen LogP contribution is 2.28. The van der Waals surface area contributed by atoms with Gasteiger partial charge in [0.2, 0.25) is 0 Å². The lowest BCUT2D eigenvalue weighted by Crippen LogP contribution is -2.61. The van der Waals surface area contributed by atoms with Crippen LogP contribution in [0, 0.1) is 5.92 Å². The zero-order chi connectivity index (χ0) is 14.0. The molecule has 2 atom stereocenters. The van der Waals surface area contributed by atoms with Crippen LogP contribution in [0.15, 0.2) is 0 Å². The van der Waals surface area contributed by atoms with E-state index in [0.29, 0.717) is 17.6 Å². The largest absolute Gasteiger partial charge is 0.295 e. The molecule has 0 spiro atoms. The SMILES string of the molecule is CC1CN(C(C)(C)C)CC(C)N1CC1CCCCC1. The lowest BCUT2D eigenvalue weighted by Gasteiger charge is -2.50. The van der Waals surface area contributed by atoms with Crippen LogP contribution in [0.25, 0.3) is 0 Å². The molecule has 2 fully saturated rings. The summed E-state index contributed by atoms with van der Waals surface area (Å²) in [5, 5.41) is 0. The minimum atomic E-state index is 0.319. The fourth-order valence-electron chi connectivity index (χ4n) is 3.93. The minimum absolute atomic E-state index is 0.319. The third-order valence-electron chi connectivity index (χ3n) is 5.24. The van der Waals surface area contributed by atoms with Crippen molar-refractivity contribution >= 4 is 0 Å². The Bertz CT molecular complexity index is 263. The number of nitrogens with zero attached hydrogens (tertiary/aromatic N) is 2. The van der Waals surface area contributed by atoms with Gasteiger partial charge in [-0.05, 0) is 53.4 Å². The highest BCUT2D eigenvalue weighted by molar-refractivity contribution is 4.91. The van der Waals surface area contributed by atoms with Crippen LogP contribution in [0.2, 0.25) is 0 Å². The summed E-state index contributed by atoms with van der Waals surface area (Å²) in [5.74, 6) is 0.972. The molecular weight excluding hydrogens is 232 g/mol. The predicted octanol–water partition coefficient (Wildman–Crippen LogP) is 3.76. The second-order valence-electron chi connectivity index (χ2n) is 7.97. The van der Waals surface area contributed by atoms with E-state index in [1.54, 1.807) is 0 Å². The summed E-state index contributed by atoms with van der Waals surface area (Å²) in [4.78, 5) is 5.46. The molecule has 0 aromatic rings. The third kappa shape index (κ3) is 3.95. The van der Waals surface area contributed by atoms with Crippen LogP contribution in [0.1, 0.15) is 66.7 Å². The molecule has 0 aromatic carbocycles. The van der Waals surface area contributed by atoms with E-state index in [0.717, 1.165) is 5.92 Å². The maximum absolute atomic E-state index is 2.79. The van der Waals surface area contributed by atoms with Gasteiger partial charge < -0.3 is 0 Å². The first kappa shape index (κ1) is 15.3. The van der Waals surface area contributed by atoms with E-state index in [2.05, 4.69) is 44.4 Å². The Kier molecular flexibility index (Phi) is 4.94. The molecule has 19 heavy (non-hydrogen) atoms. The molecular formula is C17H34N2. The van der Waals surface area contributed by atoms with Crippen LogP contribution >= 0.6 is 0 Å². The van der Waals surface area contributed by atoms with Crippen LogP contribution in [-0.4, -0.2) is 47.1 Å². The Morgan fingerprint density at radius 3 is 1.89 bits per heavy atom. The van der Waals surface area contributed by atoms with Gasteiger partial charge in [-0.1, -0.05) is 19.3 Å². The maximum Gasteiger partial charge on any atom is 0.0198 e. The van der Waals surface area contributed by atoms with Gasteiger partial charge in [0.05, 0.1) is 0 Å². The summed E-state index contributed by atoms with van der Waals surface area (Å²) in [6, 6.07) is 1.43. The average molecular weight is 266 g/mol. The normalized spacial score (nSPS) is 32.7. The highest BCUT2D eigenvalue weighted by atomic mass is 15.3. The minimum Gasteiger partial charge on any atom is -0.295 e. The Hall–Kier alpha value is -0.0800. The third-order valence-corrected chi connectivity index (χ3v) is 5.24. The van der Waals surface area contributed by atoms with Crippen molar-refractivity contribution in [2.75, 3.05) is 19.6 Å². The molecule has 0 amide bonds. The van der Waals surface area contributed by atoms with Crippen molar-refractivity contribution in [2.24, 2.45) is 5.92 Å². The molecule has 2 unspecified atom stereocenters. The first-order valence-electron chi connectivity index (χ1n) is 8.38. The van der Waals surface area contributed by atoms with Gasteiger partial charge in [-0.25, -0.2) is 0 Å². The van der Waals surface area contributed by atoms with Gasteiger partial charge in [0.1, 0.15) is 0 Å². The fourth-order valence-corrected chi connectivity index (χ4v) is 3.93. The molecule has 1 aliphatic heterocycles. The second kappa shape index (κ2) is 6.13. The monoisotopic (exact) mass is 266 g/mol. The van der Waals surface area contributed by atoms with E-state index in [9.17, 15) is 0 Å². The first-order valence-corrected chi connectivity index (χ1v) is 8.38. The topological polar surface area (TPSA) is 6.48 Å². The highest BCUT2D eigenvalue weighted by Gasteiger charge is 2.35. The number of hydrogen-bond donors (Lipinski definition) is 0. The Labute approximate surface area is 120 Å².